The molecular formula is C48H70O7Si2. The minimum atomic E-state index is -1.76. The van der Waals surface area contributed by atoms with Crippen molar-refractivity contribution in [3.63, 3.8) is 0 Å². The van der Waals surface area contributed by atoms with Gasteiger partial charge in [-0.15, -0.1) is 0 Å². The van der Waals surface area contributed by atoms with Crippen molar-refractivity contribution in [2.45, 2.75) is 130 Å². The van der Waals surface area contributed by atoms with E-state index >= 15 is 0 Å². The van der Waals surface area contributed by atoms with E-state index in [0.29, 0.717) is 11.5 Å². The SMILES string of the molecule is C.C.COc1ccc(C2(c3ccc(OC(C)=O)cc3)CCCCC2)cc1.COc1ccccc1CCC[Si](C)(C)O[Si](C)(C)CCCc1ccccc1OC(C)=O. The Balaban J connectivity index is 0.000000390. The first-order chi connectivity index (χ1) is 26.3. The number of hydrogen-bond donors (Lipinski definition) is 0. The molecule has 5 rings (SSSR count). The molecular weight excluding hydrogens is 745 g/mol. The molecule has 0 aromatic heterocycles. The van der Waals surface area contributed by atoms with Crippen LogP contribution in [0.15, 0.2) is 97.1 Å². The fraction of sp³-hybridized carbons (Fsp3) is 0.458. The summed E-state index contributed by atoms with van der Waals surface area (Å²) in [7, 11) is -0.0613. The molecule has 312 valence electrons. The summed E-state index contributed by atoms with van der Waals surface area (Å²) >= 11 is 0. The summed E-state index contributed by atoms with van der Waals surface area (Å²) in [6, 6.07) is 34.8. The van der Waals surface area contributed by atoms with Gasteiger partial charge >= 0.3 is 11.9 Å². The van der Waals surface area contributed by atoms with Gasteiger partial charge in [0.1, 0.15) is 23.0 Å². The second-order valence-corrected chi connectivity index (χ2v) is 24.7. The Morgan fingerprint density at radius 2 is 1.00 bits per heavy atom. The predicted molar refractivity (Wildman–Crippen MR) is 241 cm³/mol. The Kier molecular flexibility index (Phi) is 20.0. The fourth-order valence-electron chi connectivity index (χ4n) is 7.95. The van der Waals surface area contributed by atoms with Crippen LogP contribution < -0.4 is 18.9 Å². The number of para-hydroxylation sites is 2. The first-order valence-electron chi connectivity index (χ1n) is 19.8. The Labute approximate surface area is 346 Å². The molecule has 1 fully saturated rings. The molecule has 9 heteroatoms. The van der Waals surface area contributed by atoms with Gasteiger partial charge in [-0.2, -0.15) is 0 Å². The summed E-state index contributed by atoms with van der Waals surface area (Å²) in [4.78, 5) is 22.4. The van der Waals surface area contributed by atoms with E-state index in [4.69, 9.17) is 23.1 Å². The molecule has 0 atom stereocenters. The second-order valence-electron chi connectivity index (χ2n) is 15.8. The minimum absolute atomic E-state index is 0. The molecule has 0 amide bonds. The van der Waals surface area contributed by atoms with Gasteiger partial charge in [0, 0.05) is 19.3 Å². The molecule has 7 nitrogen and oxygen atoms in total. The zero-order chi connectivity index (χ0) is 39.9. The van der Waals surface area contributed by atoms with E-state index < -0.39 is 16.6 Å². The van der Waals surface area contributed by atoms with Gasteiger partial charge in [-0.05, 0) is 135 Å². The van der Waals surface area contributed by atoms with E-state index in [2.05, 4.69) is 62.6 Å². The first kappa shape index (κ1) is 49.0. The van der Waals surface area contributed by atoms with E-state index in [9.17, 15) is 9.59 Å². The van der Waals surface area contributed by atoms with Gasteiger partial charge in [-0.3, -0.25) is 9.59 Å². The third kappa shape index (κ3) is 15.3. The van der Waals surface area contributed by atoms with Gasteiger partial charge in [-0.1, -0.05) is 94.8 Å². The highest BCUT2D eigenvalue weighted by Crippen LogP contribution is 2.45. The largest absolute Gasteiger partial charge is 0.497 e. The average Bonchev–Trinajstić information content (AvgIpc) is 3.15. The highest BCUT2D eigenvalue weighted by molar-refractivity contribution is 6.84. The van der Waals surface area contributed by atoms with Crippen molar-refractivity contribution in [2.75, 3.05) is 14.2 Å². The number of hydrogen-bond acceptors (Lipinski definition) is 7. The number of rotatable bonds is 16. The Morgan fingerprint density at radius 3 is 1.46 bits per heavy atom. The van der Waals surface area contributed by atoms with Crippen LogP contribution in [0.5, 0.6) is 23.0 Å². The van der Waals surface area contributed by atoms with Crippen molar-refractivity contribution in [3.05, 3.63) is 119 Å². The van der Waals surface area contributed by atoms with Crippen LogP contribution in [0.25, 0.3) is 0 Å². The lowest BCUT2D eigenvalue weighted by Crippen LogP contribution is -2.44. The summed E-state index contributed by atoms with van der Waals surface area (Å²) in [5.74, 6) is 2.59. The molecule has 0 radical (unpaired) electrons. The molecule has 0 unspecified atom stereocenters. The molecule has 0 N–H and O–H groups in total. The third-order valence-electron chi connectivity index (χ3n) is 10.4. The summed E-state index contributed by atoms with van der Waals surface area (Å²) in [5.41, 5.74) is 5.04. The van der Waals surface area contributed by atoms with E-state index in [0.717, 1.165) is 67.7 Å². The molecule has 1 saturated carbocycles. The van der Waals surface area contributed by atoms with Crippen LogP contribution in [0.3, 0.4) is 0 Å². The number of aryl methyl sites for hydroxylation is 2. The predicted octanol–water partition coefficient (Wildman–Crippen LogP) is 12.8. The average molecular weight is 815 g/mol. The first-order valence-corrected chi connectivity index (χ1v) is 26.0. The Morgan fingerprint density at radius 1 is 0.561 bits per heavy atom. The lowest BCUT2D eigenvalue weighted by Gasteiger charge is -2.38. The number of benzene rings is 4. The zero-order valence-electron chi connectivity index (χ0n) is 34.4. The van der Waals surface area contributed by atoms with Gasteiger partial charge in [0.05, 0.1) is 14.2 Å². The molecule has 0 spiro atoms. The monoisotopic (exact) mass is 814 g/mol. The maximum atomic E-state index is 11.3. The quantitative estimate of drug-likeness (QED) is 0.0633. The van der Waals surface area contributed by atoms with Gasteiger partial charge in [-0.25, -0.2) is 0 Å². The van der Waals surface area contributed by atoms with Crippen molar-refractivity contribution in [2.24, 2.45) is 0 Å². The smallest absolute Gasteiger partial charge is 0.308 e. The van der Waals surface area contributed by atoms with Crippen LogP contribution in [-0.2, 0) is 32.0 Å². The zero-order valence-corrected chi connectivity index (χ0v) is 36.4. The van der Waals surface area contributed by atoms with E-state index in [1.807, 2.05) is 60.7 Å². The summed E-state index contributed by atoms with van der Waals surface area (Å²) in [6.07, 6.45) is 10.2. The summed E-state index contributed by atoms with van der Waals surface area (Å²) < 4.78 is 28.1. The molecule has 0 aliphatic heterocycles. The van der Waals surface area contributed by atoms with Crippen LogP contribution in [0.1, 0.15) is 95.9 Å². The highest BCUT2D eigenvalue weighted by Gasteiger charge is 2.36. The molecule has 57 heavy (non-hydrogen) atoms. The molecule has 4 aromatic carbocycles. The van der Waals surface area contributed by atoms with Gasteiger partial charge in [0.25, 0.3) is 0 Å². The number of esters is 2. The van der Waals surface area contributed by atoms with Crippen molar-refractivity contribution in [3.8, 4) is 23.0 Å². The molecule has 0 heterocycles. The Hall–Kier alpha value is -4.19. The number of carbonyl (C=O) groups excluding carboxylic acids is 2. The van der Waals surface area contributed by atoms with Crippen LogP contribution in [-0.4, -0.2) is 42.8 Å². The van der Waals surface area contributed by atoms with Crippen LogP contribution in [0.2, 0.25) is 38.3 Å². The Bertz CT molecular complexity index is 1800. The maximum Gasteiger partial charge on any atom is 0.308 e. The van der Waals surface area contributed by atoms with Crippen LogP contribution in [0, 0.1) is 0 Å². The number of carbonyl (C=O) groups is 2. The summed E-state index contributed by atoms with van der Waals surface area (Å²) in [6.45, 7) is 12.2. The van der Waals surface area contributed by atoms with Crippen LogP contribution >= 0.6 is 0 Å². The van der Waals surface area contributed by atoms with Crippen LogP contribution in [0.4, 0.5) is 0 Å². The highest BCUT2D eigenvalue weighted by atomic mass is 28.4. The van der Waals surface area contributed by atoms with Gasteiger partial charge in [0.15, 0.2) is 16.6 Å². The standard InChI is InChI=1S/C25H38O4Si2.C21H24O3.2CH4/c1-21(26)28-25-18-10-8-14-23(25)16-12-20-31(5,6)29-30(3,4)19-11-15-22-13-7-9-17-24(22)27-2;1-16(22)24-20-12-8-18(9-13-20)21(14-4-3-5-15-21)17-6-10-19(23-2)11-7-17;;/h7-10,13-14,17-18H,11-12,15-16,19-20H2,1-6H3;6-13H,3-5,14-15H2,1-2H3;2*1H4. The molecule has 0 saturated heterocycles. The number of ether oxygens (including phenoxy) is 4. The normalized spacial score (nSPS) is 13.4. The second kappa shape index (κ2) is 23.3. The molecule has 0 bridgehead atoms. The minimum Gasteiger partial charge on any atom is -0.497 e. The van der Waals surface area contributed by atoms with Crippen molar-refractivity contribution in [1.82, 2.24) is 0 Å². The van der Waals surface area contributed by atoms with E-state index in [1.165, 1.54) is 49.8 Å². The van der Waals surface area contributed by atoms with Crippen molar-refractivity contribution in [1.29, 1.82) is 0 Å². The molecule has 4 aromatic rings. The summed E-state index contributed by atoms with van der Waals surface area (Å²) in [5, 5.41) is 0. The van der Waals surface area contributed by atoms with Gasteiger partial charge in [0.2, 0.25) is 0 Å². The molecule has 1 aliphatic carbocycles. The fourth-order valence-corrected chi connectivity index (χ4v) is 16.8. The maximum absolute atomic E-state index is 11.3. The molecule has 1 aliphatic rings. The lowest BCUT2D eigenvalue weighted by molar-refractivity contribution is -0.132. The van der Waals surface area contributed by atoms with Crippen molar-refractivity contribution < 1.29 is 32.7 Å². The third-order valence-corrected chi connectivity index (χ3v) is 18.0. The van der Waals surface area contributed by atoms with Crippen molar-refractivity contribution >= 4 is 28.6 Å². The van der Waals surface area contributed by atoms with E-state index in [-0.39, 0.29) is 32.2 Å². The topological polar surface area (TPSA) is 80.3 Å². The van der Waals surface area contributed by atoms with Gasteiger partial charge < -0.3 is 23.1 Å². The van der Waals surface area contributed by atoms with E-state index in [1.54, 1.807) is 14.2 Å². The lowest BCUT2D eigenvalue weighted by atomic mass is 9.65. The number of methoxy groups -OCH3 is 2.